The summed E-state index contributed by atoms with van der Waals surface area (Å²) < 4.78 is 13.4. The molecule has 0 aromatic heterocycles. The highest BCUT2D eigenvalue weighted by Crippen LogP contribution is 2.30. The predicted molar refractivity (Wildman–Crippen MR) is 78.2 cm³/mol. The Balaban J connectivity index is 2.46. The van der Waals surface area contributed by atoms with Crippen molar-refractivity contribution in [2.45, 2.75) is 19.9 Å². The molecule has 100 valence electrons. The normalized spacial score (nSPS) is 12.3. The Kier molecular flexibility index (Phi) is 3.86. The maximum atomic E-state index is 13.4. The minimum atomic E-state index is -0.256. The number of aryl methyl sites for hydroxylation is 1. The standard InChI is InChI=1S/C16H19FN2/c1-11-5-4-6-14(9-11)19(3)16-8-7-13(17)10-15(16)12(2)18/h4-10,12H,18H2,1-3H3/t12-/m0/s1. The zero-order chi connectivity index (χ0) is 14.0. The van der Waals surface area contributed by atoms with Crippen LogP contribution in [0, 0.1) is 12.7 Å². The monoisotopic (exact) mass is 258 g/mol. The minimum Gasteiger partial charge on any atom is -0.344 e. The van der Waals surface area contributed by atoms with Crippen molar-refractivity contribution in [3.63, 3.8) is 0 Å². The zero-order valence-corrected chi connectivity index (χ0v) is 11.5. The molecule has 2 nitrogen and oxygen atoms in total. The summed E-state index contributed by atoms with van der Waals surface area (Å²) in [7, 11) is 1.97. The van der Waals surface area contributed by atoms with Crippen molar-refractivity contribution in [2.75, 3.05) is 11.9 Å². The number of rotatable bonds is 3. The summed E-state index contributed by atoms with van der Waals surface area (Å²) in [6, 6.07) is 12.7. The molecule has 0 spiro atoms. The van der Waals surface area contributed by atoms with Gasteiger partial charge in [-0.1, -0.05) is 12.1 Å². The Bertz CT molecular complexity index is 579. The van der Waals surface area contributed by atoms with Gasteiger partial charge in [-0.25, -0.2) is 4.39 Å². The molecule has 1 atom stereocenters. The highest BCUT2D eigenvalue weighted by Gasteiger charge is 2.13. The van der Waals surface area contributed by atoms with Gasteiger partial charge in [-0.3, -0.25) is 0 Å². The molecule has 0 heterocycles. The van der Waals surface area contributed by atoms with Crippen LogP contribution in [0.3, 0.4) is 0 Å². The molecule has 0 aliphatic rings. The van der Waals surface area contributed by atoms with Crippen molar-refractivity contribution in [3.8, 4) is 0 Å². The molecule has 0 saturated carbocycles. The van der Waals surface area contributed by atoms with Gasteiger partial charge < -0.3 is 10.6 Å². The molecule has 2 rings (SSSR count). The van der Waals surface area contributed by atoms with Crippen LogP contribution in [0.1, 0.15) is 24.1 Å². The summed E-state index contributed by atoms with van der Waals surface area (Å²) >= 11 is 0. The van der Waals surface area contributed by atoms with Gasteiger partial charge in [0.15, 0.2) is 0 Å². The lowest BCUT2D eigenvalue weighted by Gasteiger charge is -2.24. The maximum absolute atomic E-state index is 13.4. The molecule has 3 heteroatoms. The lowest BCUT2D eigenvalue weighted by Crippen LogP contribution is -2.16. The number of nitrogens with zero attached hydrogens (tertiary/aromatic N) is 1. The van der Waals surface area contributed by atoms with Crippen LogP contribution in [-0.4, -0.2) is 7.05 Å². The lowest BCUT2D eigenvalue weighted by atomic mass is 10.0. The average Bonchev–Trinajstić information content (AvgIpc) is 2.37. The van der Waals surface area contributed by atoms with Crippen LogP contribution in [0.5, 0.6) is 0 Å². The molecule has 0 aliphatic heterocycles. The molecule has 0 fully saturated rings. The first-order chi connectivity index (χ1) is 8.99. The Morgan fingerprint density at radius 2 is 1.89 bits per heavy atom. The second kappa shape index (κ2) is 5.41. The smallest absolute Gasteiger partial charge is 0.123 e. The highest BCUT2D eigenvalue weighted by atomic mass is 19.1. The van der Waals surface area contributed by atoms with E-state index < -0.39 is 0 Å². The molecule has 0 radical (unpaired) electrons. The second-order valence-corrected chi connectivity index (χ2v) is 4.89. The van der Waals surface area contributed by atoms with Crippen molar-refractivity contribution >= 4 is 11.4 Å². The van der Waals surface area contributed by atoms with Crippen molar-refractivity contribution in [1.82, 2.24) is 0 Å². The molecule has 2 aromatic rings. The summed E-state index contributed by atoms with van der Waals surface area (Å²) in [4.78, 5) is 2.03. The minimum absolute atomic E-state index is 0.210. The van der Waals surface area contributed by atoms with Gasteiger partial charge in [0.05, 0.1) is 0 Å². The molecule has 0 aliphatic carbocycles. The first-order valence-corrected chi connectivity index (χ1v) is 6.34. The Morgan fingerprint density at radius 3 is 2.53 bits per heavy atom. The first-order valence-electron chi connectivity index (χ1n) is 6.34. The van der Waals surface area contributed by atoms with Crippen LogP contribution in [0.25, 0.3) is 0 Å². The molecule has 0 amide bonds. The van der Waals surface area contributed by atoms with E-state index in [2.05, 4.69) is 19.1 Å². The van der Waals surface area contributed by atoms with E-state index in [1.54, 1.807) is 6.07 Å². The predicted octanol–water partition coefficient (Wildman–Crippen LogP) is 3.92. The van der Waals surface area contributed by atoms with Crippen LogP contribution < -0.4 is 10.6 Å². The summed E-state index contributed by atoms with van der Waals surface area (Å²) in [6.07, 6.45) is 0. The van der Waals surface area contributed by atoms with E-state index in [4.69, 9.17) is 5.73 Å². The number of hydrogen-bond acceptors (Lipinski definition) is 2. The van der Waals surface area contributed by atoms with Gasteiger partial charge in [0.1, 0.15) is 5.82 Å². The number of hydrogen-bond donors (Lipinski definition) is 1. The largest absolute Gasteiger partial charge is 0.344 e. The van der Waals surface area contributed by atoms with E-state index in [1.807, 2.05) is 31.0 Å². The number of anilines is 2. The Labute approximate surface area is 113 Å². The molecule has 0 unspecified atom stereocenters. The molecule has 2 N–H and O–H groups in total. The summed E-state index contributed by atoms with van der Waals surface area (Å²) in [5, 5.41) is 0. The van der Waals surface area contributed by atoms with Gasteiger partial charge in [0.2, 0.25) is 0 Å². The van der Waals surface area contributed by atoms with Crippen molar-refractivity contribution in [3.05, 3.63) is 59.4 Å². The summed E-state index contributed by atoms with van der Waals surface area (Å²) in [5.74, 6) is -0.256. The van der Waals surface area contributed by atoms with Gasteiger partial charge in [-0.2, -0.15) is 0 Å². The molecular weight excluding hydrogens is 239 g/mol. The fraction of sp³-hybridized carbons (Fsp3) is 0.250. The fourth-order valence-electron chi connectivity index (χ4n) is 2.17. The summed E-state index contributed by atoms with van der Waals surface area (Å²) in [5.41, 5.74) is 9.93. The zero-order valence-electron chi connectivity index (χ0n) is 11.5. The van der Waals surface area contributed by atoms with Gasteiger partial charge in [0, 0.05) is 24.5 Å². The molecule has 0 bridgehead atoms. The van der Waals surface area contributed by atoms with Crippen LogP contribution in [0.2, 0.25) is 0 Å². The summed E-state index contributed by atoms with van der Waals surface area (Å²) in [6.45, 7) is 3.91. The highest BCUT2D eigenvalue weighted by molar-refractivity contribution is 5.66. The van der Waals surface area contributed by atoms with Crippen LogP contribution in [-0.2, 0) is 0 Å². The van der Waals surface area contributed by atoms with Crippen molar-refractivity contribution < 1.29 is 4.39 Å². The van der Waals surface area contributed by atoms with Crippen molar-refractivity contribution in [2.24, 2.45) is 5.73 Å². The fourth-order valence-corrected chi connectivity index (χ4v) is 2.17. The van der Waals surface area contributed by atoms with E-state index in [0.29, 0.717) is 0 Å². The third-order valence-corrected chi connectivity index (χ3v) is 3.23. The average molecular weight is 258 g/mol. The van der Waals surface area contributed by atoms with E-state index in [9.17, 15) is 4.39 Å². The second-order valence-electron chi connectivity index (χ2n) is 4.89. The first kappa shape index (κ1) is 13.6. The SMILES string of the molecule is Cc1cccc(N(C)c2ccc(F)cc2[C@H](C)N)c1. The third-order valence-electron chi connectivity index (χ3n) is 3.23. The van der Waals surface area contributed by atoms with E-state index in [1.165, 1.54) is 17.7 Å². The molecule has 0 saturated heterocycles. The van der Waals surface area contributed by atoms with E-state index >= 15 is 0 Å². The van der Waals surface area contributed by atoms with Gasteiger partial charge in [0.25, 0.3) is 0 Å². The number of benzene rings is 2. The van der Waals surface area contributed by atoms with Crippen LogP contribution >= 0.6 is 0 Å². The van der Waals surface area contributed by atoms with Crippen molar-refractivity contribution in [1.29, 1.82) is 0 Å². The van der Waals surface area contributed by atoms with Gasteiger partial charge >= 0.3 is 0 Å². The van der Waals surface area contributed by atoms with Gasteiger partial charge in [-0.15, -0.1) is 0 Å². The van der Waals surface area contributed by atoms with Crippen LogP contribution in [0.15, 0.2) is 42.5 Å². The maximum Gasteiger partial charge on any atom is 0.123 e. The number of halogens is 1. The molecule has 2 aromatic carbocycles. The van der Waals surface area contributed by atoms with E-state index in [-0.39, 0.29) is 11.9 Å². The lowest BCUT2D eigenvalue weighted by molar-refractivity contribution is 0.622. The molecular formula is C16H19FN2. The number of nitrogens with two attached hydrogens (primary N) is 1. The molecule has 19 heavy (non-hydrogen) atoms. The van der Waals surface area contributed by atoms with Crippen LogP contribution in [0.4, 0.5) is 15.8 Å². The third kappa shape index (κ3) is 2.93. The quantitative estimate of drug-likeness (QED) is 0.904. The Morgan fingerprint density at radius 1 is 1.16 bits per heavy atom. The van der Waals surface area contributed by atoms with E-state index in [0.717, 1.165) is 16.9 Å². The topological polar surface area (TPSA) is 29.3 Å². The Hall–Kier alpha value is -1.87. The van der Waals surface area contributed by atoms with Gasteiger partial charge in [-0.05, 0) is 55.3 Å².